The van der Waals surface area contributed by atoms with Gasteiger partial charge in [-0.1, -0.05) is 36.9 Å². The van der Waals surface area contributed by atoms with Gasteiger partial charge in [-0.3, -0.25) is 9.59 Å². The molecule has 0 aromatic heterocycles. The molecule has 2 amide bonds. The van der Waals surface area contributed by atoms with Gasteiger partial charge in [0, 0.05) is 11.6 Å². The number of nitrogens with one attached hydrogen (secondary N) is 2. The number of carbonyl (C=O) groups is 2. The average Bonchev–Trinajstić information content (AvgIpc) is 2.73. The first-order valence-electron chi connectivity index (χ1n) is 9.91. The van der Waals surface area contributed by atoms with Crippen molar-refractivity contribution in [3.63, 3.8) is 0 Å². The van der Waals surface area contributed by atoms with E-state index in [1.54, 1.807) is 0 Å². The molecular formula is C22H21ClF4N2O2. The molecule has 2 N–H and O–H groups in total. The van der Waals surface area contributed by atoms with Gasteiger partial charge >= 0.3 is 6.18 Å². The van der Waals surface area contributed by atoms with Crippen molar-refractivity contribution in [3.05, 3.63) is 63.9 Å². The largest absolute Gasteiger partial charge is 0.420 e. The Hall–Kier alpha value is -2.61. The van der Waals surface area contributed by atoms with Crippen molar-refractivity contribution in [3.8, 4) is 0 Å². The molecule has 0 saturated heterocycles. The summed E-state index contributed by atoms with van der Waals surface area (Å²) in [6.07, 6.45) is 0.355. The Labute approximate surface area is 182 Å². The molecule has 1 fully saturated rings. The highest BCUT2D eigenvalue weighted by atomic mass is 35.5. The van der Waals surface area contributed by atoms with Gasteiger partial charge in [0.1, 0.15) is 11.4 Å². The standard InChI is InChI=1S/C22H21ClF4N2O2/c23-14-9-10-18(16(11-14)20(30)28-12-13-5-2-1-3-6-13)29-21(31)15-7-4-8-17(24)19(15)22(25,26)27/h4,7-11,13H,1-3,5-6,12H2,(H,28,30)(H,29,31). The maximum Gasteiger partial charge on any atom is 0.420 e. The van der Waals surface area contributed by atoms with Crippen LogP contribution in [0.1, 0.15) is 58.4 Å². The van der Waals surface area contributed by atoms with Crippen LogP contribution in [0.2, 0.25) is 5.02 Å². The van der Waals surface area contributed by atoms with Crippen LogP contribution in [-0.4, -0.2) is 18.4 Å². The molecule has 0 bridgehead atoms. The van der Waals surface area contributed by atoms with Crippen LogP contribution in [0.4, 0.5) is 23.2 Å². The Kier molecular flexibility index (Phi) is 7.20. The number of alkyl halides is 3. The second-order valence-electron chi connectivity index (χ2n) is 7.52. The van der Waals surface area contributed by atoms with Crippen molar-refractivity contribution in [1.29, 1.82) is 0 Å². The highest BCUT2D eigenvalue weighted by Crippen LogP contribution is 2.34. The molecule has 0 unspecified atom stereocenters. The third kappa shape index (κ3) is 5.76. The minimum absolute atomic E-state index is 0.0154. The first-order valence-corrected chi connectivity index (χ1v) is 10.3. The summed E-state index contributed by atoms with van der Waals surface area (Å²) in [5.74, 6) is -2.88. The smallest absolute Gasteiger partial charge is 0.352 e. The van der Waals surface area contributed by atoms with Crippen LogP contribution in [0.15, 0.2) is 36.4 Å². The van der Waals surface area contributed by atoms with Crippen molar-refractivity contribution in [1.82, 2.24) is 5.32 Å². The van der Waals surface area contributed by atoms with E-state index in [-0.39, 0.29) is 16.3 Å². The lowest BCUT2D eigenvalue weighted by atomic mass is 9.89. The first-order chi connectivity index (χ1) is 14.7. The fourth-order valence-electron chi connectivity index (χ4n) is 3.73. The molecule has 0 atom stereocenters. The van der Waals surface area contributed by atoms with Crippen molar-refractivity contribution < 1.29 is 27.2 Å². The molecule has 166 valence electrons. The zero-order valence-corrected chi connectivity index (χ0v) is 17.2. The lowest BCUT2D eigenvalue weighted by Crippen LogP contribution is -2.31. The second-order valence-corrected chi connectivity index (χ2v) is 7.95. The Morgan fingerprint density at radius 1 is 1.00 bits per heavy atom. The van der Waals surface area contributed by atoms with Crippen LogP contribution in [0, 0.1) is 11.7 Å². The summed E-state index contributed by atoms with van der Waals surface area (Å²) in [5.41, 5.74) is -2.55. The summed E-state index contributed by atoms with van der Waals surface area (Å²) in [5, 5.41) is 5.32. The topological polar surface area (TPSA) is 58.2 Å². The molecule has 0 aliphatic heterocycles. The number of carbonyl (C=O) groups excluding carboxylic acids is 2. The summed E-state index contributed by atoms with van der Waals surface area (Å²) in [4.78, 5) is 25.3. The van der Waals surface area contributed by atoms with Crippen molar-refractivity contribution in [2.45, 2.75) is 38.3 Å². The quantitative estimate of drug-likeness (QED) is 0.537. The molecule has 2 aromatic carbocycles. The van der Waals surface area contributed by atoms with Gasteiger partial charge in [-0.05, 0) is 49.1 Å². The molecule has 9 heteroatoms. The van der Waals surface area contributed by atoms with Gasteiger partial charge in [0.05, 0.1) is 16.8 Å². The van der Waals surface area contributed by atoms with E-state index in [2.05, 4.69) is 10.6 Å². The van der Waals surface area contributed by atoms with E-state index in [0.717, 1.165) is 37.8 Å². The van der Waals surface area contributed by atoms with Crippen LogP contribution in [0.5, 0.6) is 0 Å². The third-order valence-electron chi connectivity index (χ3n) is 5.29. The Morgan fingerprint density at radius 3 is 2.39 bits per heavy atom. The fraction of sp³-hybridized carbons (Fsp3) is 0.364. The van der Waals surface area contributed by atoms with Crippen molar-refractivity contribution in [2.75, 3.05) is 11.9 Å². The van der Waals surface area contributed by atoms with Crippen LogP contribution < -0.4 is 10.6 Å². The second kappa shape index (κ2) is 9.68. The zero-order valence-electron chi connectivity index (χ0n) is 16.5. The molecule has 31 heavy (non-hydrogen) atoms. The summed E-state index contributed by atoms with van der Waals surface area (Å²) in [6.45, 7) is 0.459. The lowest BCUT2D eigenvalue weighted by molar-refractivity contribution is -0.140. The summed E-state index contributed by atoms with van der Waals surface area (Å²) < 4.78 is 53.5. The maximum absolute atomic E-state index is 13.8. The number of hydrogen-bond acceptors (Lipinski definition) is 2. The molecule has 1 aliphatic carbocycles. The van der Waals surface area contributed by atoms with E-state index in [9.17, 15) is 27.2 Å². The average molecular weight is 457 g/mol. The predicted molar refractivity (Wildman–Crippen MR) is 110 cm³/mol. The van der Waals surface area contributed by atoms with Gasteiger partial charge < -0.3 is 10.6 Å². The predicted octanol–water partition coefficient (Wildman–Crippen LogP) is 6.06. The Bertz CT molecular complexity index is 972. The highest BCUT2D eigenvalue weighted by molar-refractivity contribution is 6.31. The molecule has 4 nitrogen and oxygen atoms in total. The van der Waals surface area contributed by atoms with Crippen molar-refractivity contribution >= 4 is 29.1 Å². The normalized spacial score (nSPS) is 14.9. The molecule has 1 saturated carbocycles. The Balaban J connectivity index is 1.82. The highest BCUT2D eigenvalue weighted by Gasteiger charge is 2.38. The minimum Gasteiger partial charge on any atom is -0.352 e. The molecule has 3 rings (SSSR count). The SMILES string of the molecule is O=C(NCC1CCCCC1)c1cc(Cl)ccc1NC(=O)c1cccc(F)c1C(F)(F)F. The minimum atomic E-state index is -5.06. The summed E-state index contributed by atoms with van der Waals surface area (Å²) in [7, 11) is 0. The van der Waals surface area contributed by atoms with Gasteiger partial charge in [0.2, 0.25) is 0 Å². The first kappa shape index (κ1) is 23.1. The number of anilines is 1. The van der Waals surface area contributed by atoms with Crippen molar-refractivity contribution in [2.24, 2.45) is 5.92 Å². The van der Waals surface area contributed by atoms with E-state index >= 15 is 0 Å². The van der Waals surface area contributed by atoms with Crippen LogP contribution >= 0.6 is 11.6 Å². The van der Waals surface area contributed by atoms with E-state index in [1.807, 2.05) is 0 Å². The molecule has 0 radical (unpaired) electrons. The summed E-state index contributed by atoms with van der Waals surface area (Å²) in [6, 6.07) is 6.56. The fourth-order valence-corrected chi connectivity index (χ4v) is 3.90. The number of halogens is 5. The molecule has 1 aliphatic rings. The van der Waals surface area contributed by atoms with Gasteiger partial charge in [0.25, 0.3) is 11.8 Å². The lowest BCUT2D eigenvalue weighted by Gasteiger charge is -2.22. The van der Waals surface area contributed by atoms with E-state index in [0.29, 0.717) is 18.5 Å². The van der Waals surface area contributed by atoms with Gasteiger partial charge in [0.15, 0.2) is 0 Å². The molecule has 0 spiro atoms. The van der Waals surface area contributed by atoms with Gasteiger partial charge in [-0.15, -0.1) is 0 Å². The number of hydrogen-bond donors (Lipinski definition) is 2. The third-order valence-corrected chi connectivity index (χ3v) is 5.53. The van der Waals surface area contributed by atoms with E-state index in [4.69, 9.17) is 11.6 Å². The number of amides is 2. The molecular weight excluding hydrogens is 436 g/mol. The zero-order chi connectivity index (χ0) is 22.6. The summed E-state index contributed by atoms with van der Waals surface area (Å²) >= 11 is 5.98. The van der Waals surface area contributed by atoms with Gasteiger partial charge in [-0.25, -0.2) is 4.39 Å². The van der Waals surface area contributed by atoms with E-state index < -0.39 is 34.9 Å². The molecule has 2 aromatic rings. The van der Waals surface area contributed by atoms with Crippen LogP contribution in [-0.2, 0) is 6.18 Å². The number of rotatable bonds is 5. The van der Waals surface area contributed by atoms with Crippen LogP contribution in [0.3, 0.4) is 0 Å². The van der Waals surface area contributed by atoms with Crippen LogP contribution in [0.25, 0.3) is 0 Å². The maximum atomic E-state index is 13.8. The number of benzene rings is 2. The van der Waals surface area contributed by atoms with E-state index in [1.165, 1.54) is 24.6 Å². The monoisotopic (exact) mass is 456 g/mol. The van der Waals surface area contributed by atoms with Gasteiger partial charge in [-0.2, -0.15) is 13.2 Å². The molecule has 0 heterocycles. The Morgan fingerprint density at radius 2 is 1.71 bits per heavy atom.